The number of amides is 1. The van der Waals surface area contributed by atoms with E-state index < -0.39 is 0 Å². The molecular formula is C14H28N4O. The minimum Gasteiger partial charge on any atom is -0.340 e. The summed E-state index contributed by atoms with van der Waals surface area (Å²) >= 11 is 0. The Morgan fingerprint density at radius 2 is 1.21 bits per heavy atom. The van der Waals surface area contributed by atoms with Gasteiger partial charge >= 0.3 is 0 Å². The van der Waals surface area contributed by atoms with Crippen molar-refractivity contribution in [3.8, 4) is 0 Å². The molecule has 2 aliphatic heterocycles. The zero-order valence-corrected chi connectivity index (χ0v) is 12.5. The summed E-state index contributed by atoms with van der Waals surface area (Å²) in [6.07, 6.45) is 0. The Labute approximate surface area is 117 Å². The Bertz CT molecular complexity index is 281. The third-order valence-electron chi connectivity index (χ3n) is 4.46. The van der Waals surface area contributed by atoms with Gasteiger partial charge in [0.15, 0.2) is 0 Å². The molecule has 2 saturated heterocycles. The zero-order chi connectivity index (χ0) is 13.7. The molecule has 0 bridgehead atoms. The second-order valence-corrected chi connectivity index (χ2v) is 5.62. The number of hydrogen-bond donors (Lipinski definition) is 0. The van der Waals surface area contributed by atoms with Gasteiger partial charge in [0.1, 0.15) is 0 Å². The van der Waals surface area contributed by atoms with Gasteiger partial charge in [-0.2, -0.15) is 0 Å². The molecule has 0 aromatic carbocycles. The monoisotopic (exact) mass is 268 g/mol. The maximum atomic E-state index is 11.3. The van der Waals surface area contributed by atoms with E-state index in [0.717, 1.165) is 32.7 Å². The van der Waals surface area contributed by atoms with Gasteiger partial charge in [0.25, 0.3) is 0 Å². The molecular weight excluding hydrogens is 240 g/mol. The molecule has 5 heteroatoms. The third kappa shape index (κ3) is 4.44. The topological polar surface area (TPSA) is 30.0 Å². The van der Waals surface area contributed by atoms with E-state index in [9.17, 15) is 4.79 Å². The van der Waals surface area contributed by atoms with Crippen LogP contribution in [0.5, 0.6) is 0 Å². The first-order valence-corrected chi connectivity index (χ1v) is 7.61. The summed E-state index contributed by atoms with van der Waals surface area (Å²) in [5.41, 5.74) is 0. The van der Waals surface area contributed by atoms with Crippen LogP contribution < -0.4 is 0 Å². The Balaban J connectivity index is 1.61. The van der Waals surface area contributed by atoms with Crippen LogP contribution in [-0.4, -0.2) is 97.5 Å². The standard InChI is InChI=1S/C14H28N4O/c1-3-15-4-6-16(7-5-15)8-9-17-10-12-18(13-11-17)14(2)19/h3-13H2,1-2H3. The van der Waals surface area contributed by atoms with Gasteiger partial charge in [-0.05, 0) is 6.54 Å². The number of carbonyl (C=O) groups excluding carboxylic acids is 1. The minimum absolute atomic E-state index is 0.218. The highest BCUT2D eigenvalue weighted by Gasteiger charge is 2.20. The van der Waals surface area contributed by atoms with Crippen molar-refractivity contribution in [2.45, 2.75) is 13.8 Å². The Hall–Kier alpha value is -0.650. The highest BCUT2D eigenvalue weighted by molar-refractivity contribution is 5.73. The highest BCUT2D eigenvalue weighted by Crippen LogP contribution is 2.04. The van der Waals surface area contributed by atoms with E-state index in [2.05, 4.69) is 21.6 Å². The fourth-order valence-electron chi connectivity index (χ4n) is 2.90. The molecule has 0 unspecified atom stereocenters. The molecule has 0 atom stereocenters. The zero-order valence-electron chi connectivity index (χ0n) is 12.5. The van der Waals surface area contributed by atoms with Crippen LogP contribution in [0.4, 0.5) is 0 Å². The Morgan fingerprint density at radius 3 is 1.63 bits per heavy atom. The summed E-state index contributed by atoms with van der Waals surface area (Å²) in [6.45, 7) is 16.1. The van der Waals surface area contributed by atoms with Crippen LogP contribution in [0.1, 0.15) is 13.8 Å². The lowest BCUT2D eigenvalue weighted by atomic mass is 10.3. The van der Waals surface area contributed by atoms with E-state index in [1.54, 1.807) is 6.92 Å². The largest absolute Gasteiger partial charge is 0.340 e. The van der Waals surface area contributed by atoms with Crippen LogP contribution in [0.2, 0.25) is 0 Å². The summed E-state index contributed by atoms with van der Waals surface area (Å²) in [7, 11) is 0. The second-order valence-electron chi connectivity index (χ2n) is 5.62. The van der Waals surface area contributed by atoms with Crippen molar-refractivity contribution in [3.05, 3.63) is 0 Å². The molecule has 0 aromatic rings. The number of carbonyl (C=O) groups is 1. The molecule has 0 spiro atoms. The van der Waals surface area contributed by atoms with Crippen molar-refractivity contribution in [2.75, 3.05) is 72.0 Å². The quantitative estimate of drug-likeness (QED) is 0.706. The average molecular weight is 268 g/mol. The number of likely N-dealkylation sites (N-methyl/N-ethyl adjacent to an activating group) is 1. The molecule has 110 valence electrons. The first-order chi connectivity index (χ1) is 9.19. The molecule has 19 heavy (non-hydrogen) atoms. The van der Waals surface area contributed by atoms with E-state index in [1.165, 1.54) is 39.3 Å². The summed E-state index contributed by atoms with van der Waals surface area (Å²) < 4.78 is 0. The van der Waals surface area contributed by atoms with Gasteiger partial charge in [-0.3, -0.25) is 14.6 Å². The van der Waals surface area contributed by atoms with E-state index in [4.69, 9.17) is 0 Å². The normalized spacial score (nSPS) is 23.8. The van der Waals surface area contributed by atoms with Crippen molar-refractivity contribution in [1.29, 1.82) is 0 Å². The first-order valence-electron chi connectivity index (χ1n) is 7.61. The van der Waals surface area contributed by atoms with Crippen LogP contribution in [0, 0.1) is 0 Å². The summed E-state index contributed by atoms with van der Waals surface area (Å²) in [5, 5.41) is 0. The van der Waals surface area contributed by atoms with Gasteiger partial charge in [-0.15, -0.1) is 0 Å². The van der Waals surface area contributed by atoms with Gasteiger partial charge in [0.05, 0.1) is 0 Å². The molecule has 2 aliphatic rings. The fourth-order valence-corrected chi connectivity index (χ4v) is 2.90. The Morgan fingerprint density at radius 1 is 0.789 bits per heavy atom. The molecule has 0 N–H and O–H groups in total. The van der Waals surface area contributed by atoms with Crippen LogP contribution >= 0.6 is 0 Å². The van der Waals surface area contributed by atoms with Crippen LogP contribution in [0.3, 0.4) is 0 Å². The van der Waals surface area contributed by atoms with Gasteiger partial charge in [-0.1, -0.05) is 6.92 Å². The van der Waals surface area contributed by atoms with Gasteiger partial charge in [0, 0.05) is 72.4 Å². The molecule has 2 rings (SSSR count). The lowest BCUT2D eigenvalue weighted by Gasteiger charge is -2.37. The van der Waals surface area contributed by atoms with Crippen molar-refractivity contribution < 1.29 is 4.79 Å². The lowest BCUT2D eigenvalue weighted by molar-refractivity contribution is -0.130. The molecule has 0 radical (unpaired) electrons. The van der Waals surface area contributed by atoms with E-state index in [0.29, 0.717) is 0 Å². The fraction of sp³-hybridized carbons (Fsp3) is 0.929. The predicted octanol–water partition coefficient (Wildman–Crippen LogP) is -0.212. The maximum absolute atomic E-state index is 11.3. The van der Waals surface area contributed by atoms with Gasteiger partial charge in [0.2, 0.25) is 5.91 Å². The average Bonchev–Trinajstić information content (AvgIpc) is 2.46. The second kappa shape index (κ2) is 7.22. The smallest absolute Gasteiger partial charge is 0.219 e. The first kappa shape index (κ1) is 14.8. The van der Waals surface area contributed by atoms with Gasteiger partial charge in [-0.25, -0.2) is 0 Å². The van der Waals surface area contributed by atoms with E-state index in [-0.39, 0.29) is 5.91 Å². The molecule has 2 fully saturated rings. The lowest BCUT2D eigenvalue weighted by Crippen LogP contribution is -2.52. The van der Waals surface area contributed by atoms with Crippen LogP contribution in [0.25, 0.3) is 0 Å². The molecule has 0 saturated carbocycles. The minimum atomic E-state index is 0.218. The SMILES string of the molecule is CCN1CCN(CCN2CCN(C(C)=O)CC2)CC1. The number of nitrogens with zero attached hydrogens (tertiary/aromatic N) is 4. The molecule has 0 aliphatic carbocycles. The van der Waals surface area contributed by atoms with E-state index >= 15 is 0 Å². The summed E-state index contributed by atoms with van der Waals surface area (Å²) in [5.74, 6) is 0.218. The third-order valence-corrected chi connectivity index (χ3v) is 4.46. The summed E-state index contributed by atoms with van der Waals surface area (Å²) in [6, 6.07) is 0. The van der Waals surface area contributed by atoms with Crippen LogP contribution in [0.15, 0.2) is 0 Å². The van der Waals surface area contributed by atoms with E-state index in [1.807, 2.05) is 4.90 Å². The summed E-state index contributed by atoms with van der Waals surface area (Å²) in [4.78, 5) is 20.8. The van der Waals surface area contributed by atoms with Crippen molar-refractivity contribution in [1.82, 2.24) is 19.6 Å². The van der Waals surface area contributed by atoms with Gasteiger partial charge < -0.3 is 9.80 Å². The number of piperazine rings is 2. The van der Waals surface area contributed by atoms with Crippen molar-refractivity contribution in [2.24, 2.45) is 0 Å². The van der Waals surface area contributed by atoms with Crippen LogP contribution in [-0.2, 0) is 4.79 Å². The molecule has 5 nitrogen and oxygen atoms in total. The van der Waals surface area contributed by atoms with Crippen molar-refractivity contribution >= 4 is 5.91 Å². The number of rotatable bonds is 4. The highest BCUT2D eigenvalue weighted by atomic mass is 16.2. The molecule has 1 amide bonds. The molecule has 2 heterocycles. The Kier molecular flexibility index (Phi) is 5.60. The maximum Gasteiger partial charge on any atom is 0.219 e. The predicted molar refractivity (Wildman–Crippen MR) is 77.2 cm³/mol. The number of hydrogen-bond acceptors (Lipinski definition) is 4. The molecule has 0 aromatic heterocycles. The van der Waals surface area contributed by atoms with Crippen molar-refractivity contribution in [3.63, 3.8) is 0 Å².